The maximum absolute atomic E-state index is 13.8. The van der Waals surface area contributed by atoms with Crippen molar-refractivity contribution >= 4 is 17.5 Å². The van der Waals surface area contributed by atoms with Crippen molar-refractivity contribution < 1.29 is 9.59 Å². The van der Waals surface area contributed by atoms with E-state index >= 15 is 0 Å². The minimum Gasteiger partial charge on any atom is -0.339 e. The van der Waals surface area contributed by atoms with E-state index in [0.29, 0.717) is 5.91 Å². The maximum Gasteiger partial charge on any atom is 0.233 e. The van der Waals surface area contributed by atoms with Crippen molar-refractivity contribution in [2.45, 2.75) is 71.1 Å². The highest BCUT2D eigenvalue weighted by molar-refractivity contribution is 5.92. The second kappa shape index (κ2) is 10.4. The standard InChI is InChI=1S/C25H39N3O2/c1-4-5-15-27-16-18-28(19-17-27)24(30)25(13-7-6-8-14-25)21-9-11-22(12-10-21)26-23(29)20(2)3/h9-12,20H,4-8,13-19H2,1-3H3,(H,26,29). The Hall–Kier alpha value is -1.88. The zero-order valence-electron chi connectivity index (χ0n) is 19.1. The molecule has 0 radical (unpaired) electrons. The zero-order valence-corrected chi connectivity index (χ0v) is 19.1. The summed E-state index contributed by atoms with van der Waals surface area (Å²) >= 11 is 0. The van der Waals surface area contributed by atoms with E-state index in [1.165, 1.54) is 19.3 Å². The fraction of sp³-hybridized carbons (Fsp3) is 0.680. The molecule has 166 valence electrons. The predicted molar refractivity (Wildman–Crippen MR) is 123 cm³/mol. The van der Waals surface area contributed by atoms with Gasteiger partial charge in [0, 0.05) is 37.8 Å². The van der Waals surface area contributed by atoms with Crippen LogP contribution in [0.25, 0.3) is 0 Å². The molecule has 0 unspecified atom stereocenters. The van der Waals surface area contributed by atoms with E-state index in [1.807, 2.05) is 26.0 Å². The van der Waals surface area contributed by atoms with Gasteiger partial charge in [0.1, 0.15) is 0 Å². The average Bonchev–Trinajstić information content (AvgIpc) is 2.78. The molecule has 1 saturated heterocycles. The minimum atomic E-state index is -0.398. The molecule has 1 aliphatic carbocycles. The van der Waals surface area contributed by atoms with Crippen LogP contribution in [0.2, 0.25) is 0 Å². The van der Waals surface area contributed by atoms with Crippen LogP contribution in [0.15, 0.2) is 24.3 Å². The largest absolute Gasteiger partial charge is 0.339 e. The highest BCUT2D eigenvalue weighted by atomic mass is 16.2. The number of benzene rings is 1. The summed E-state index contributed by atoms with van der Waals surface area (Å²) in [6, 6.07) is 8.05. The van der Waals surface area contributed by atoms with Crippen molar-refractivity contribution in [3.05, 3.63) is 29.8 Å². The van der Waals surface area contributed by atoms with Crippen molar-refractivity contribution in [3.8, 4) is 0 Å². The number of nitrogens with one attached hydrogen (secondary N) is 1. The molecule has 1 saturated carbocycles. The Kier molecular flexibility index (Phi) is 7.93. The van der Waals surface area contributed by atoms with E-state index in [1.54, 1.807) is 0 Å². The van der Waals surface area contributed by atoms with Crippen molar-refractivity contribution in [2.24, 2.45) is 5.92 Å². The third kappa shape index (κ3) is 5.23. The number of unbranched alkanes of at least 4 members (excludes halogenated alkanes) is 1. The van der Waals surface area contributed by atoms with Crippen LogP contribution in [-0.2, 0) is 15.0 Å². The Labute approximate surface area is 182 Å². The number of nitrogens with zero attached hydrogens (tertiary/aromatic N) is 2. The molecule has 1 aliphatic heterocycles. The summed E-state index contributed by atoms with van der Waals surface area (Å²) in [5, 5.41) is 2.96. The number of rotatable bonds is 7. The Morgan fingerprint density at radius 3 is 2.20 bits per heavy atom. The minimum absolute atomic E-state index is 0.0205. The summed E-state index contributed by atoms with van der Waals surface area (Å²) in [4.78, 5) is 30.4. The lowest BCUT2D eigenvalue weighted by Gasteiger charge is -2.43. The summed E-state index contributed by atoms with van der Waals surface area (Å²) in [5.41, 5.74) is 1.52. The third-order valence-electron chi connectivity index (χ3n) is 6.83. The monoisotopic (exact) mass is 413 g/mol. The van der Waals surface area contributed by atoms with Crippen molar-refractivity contribution in [1.29, 1.82) is 0 Å². The number of carbonyl (C=O) groups excluding carboxylic acids is 2. The molecule has 1 aromatic carbocycles. The molecule has 1 N–H and O–H groups in total. The molecule has 5 nitrogen and oxygen atoms in total. The van der Waals surface area contributed by atoms with Gasteiger partial charge in [-0.3, -0.25) is 14.5 Å². The lowest BCUT2D eigenvalue weighted by Crippen LogP contribution is -2.55. The lowest BCUT2D eigenvalue weighted by molar-refractivity contribution is -0.140. The smallest absolute Gasteiger partial charge is 0.233 e. The Morgan fingerprint density at radius 2 is 1.63 bits per heavy atom. The van der Waals surface area contributed by atoms with Gasteiger partial charge >= 0.3 is 0 Å². The van der Waals surface area contributed by atoms with E-state index < -0.39 is 5.41 Å². The van der Waals surface area contributed by atoms with Gasteiger partial charge in [0.2, 0.25) is 11.8 Å². The Bertz CT molecular complexity index is 700. The van der Waals surface area contributed by atoms with Crippen LogP contribution in [-0.4, -0.2) is 54.3 Å². The van der Waals surface area contributed by atoms with Crippen molar-refractivity contribution in [1.82, 2.24) is 9.80 Å². The number of amides is 2. The van der Waals surface area contributed by atoms with Gasteiger partial charge in [0.25, 0.3) is 0 Å². The molecule has 30 heavy (non-hydrogen) atoms. The van der Waals surface area contributed by atoms with E-state index in [4.69, 9.17) is 0 Å². The highest BCUT2D eigenvalue weighted by Crippen LogP contribution is 2.41. The van der Waals surface area contributed by atoms with Crippen LogP contribution >= 0.6 is 0 Å². The summed E-state index contributed by atoms with van der Waals surface area (Å²) in [6.07, 6.45) is 7.73. The van der Waals surface area contributed by atoms with Crippen LogP contribution in [0.4, 0.5) is 5.69 Å². The first kappa shape index (κ1) is 22.8. The maximum atomic E-state index is 13.8. The SMILES string of the molecule is CCCCN1CCN(C(=O)C2(c3ccc(NC(=O)C(C)C)cc3)CCCCC2)CC1. The molecule has 2 aliphatic rings. The molecular formula is C25H39N3O2. The van der Waals surface area contributed by atoms with E-state index in [2.05, 4.69) is 34.2 Å². The van der Waals surface area contributed by atoms with Gasteiger partial charge in [0.05, 0.1) is 5.41 Å². The number of hydrogen-bond donors (Lipinski definition) is 1. The Balaban J connectivity index is 1.73. The predicted octanol–water partition coefficient (Wildman–Crippen LogP) is 4.43. The highest BCUT2D eigenvalue weighted by Gasteiger charge is 2.44. The molecule has 0 aromatic heterocycles. The molecule has 1 heterocycles. The quantitative estimate of drug-likeness (QED) is 0.720. The summed E-state index contributed by atoms with van der Waals surface area (Å²) in [7, 11) is 0. The fourth-order valence-corrected chi connectivity index (χ4v) is 4.80. The topological polar surface area (TPSA) is 52.6 Å². The molecule has 3 rings (SSSR count). The number of carbonyl (C=O) groups is 2. The first-order chi connectivity index (χ1) is 14.5. The van der Waals surface area contributed by atoms with E-state index in [-0.39, 0.29) is 11.8 Å². The normalized spacial score (nSPS) is 19.7. The van der Waals surface area contributed by atoms with Crippen LogP contribution in [0.3, 0.4) is 0 Å². The molecule has 1 aromatic rings. The van der Waals surface area contributed by atoms with Gasteiger partial charge in [-0.25, -0.2) is 0 Å². The molecule has 2 fully saturated rings. The van der Waals surface area contributed by atoms with E-state index in [9.17, 15) is 9.59 Å². The van der Waals surface area contributed by atoms with Crippen molar-refractivity contribution in [3.63, 3.8) is 0 Å². The molecule has 0 atom stereocenters. The van der Waals surface area contributed by atoms with Crippen LogP contribution < -0.4 is 5.32 Å². The summed E-state index contributed by atoms with van der Waals surface area (Å²) in [6.45, 7) is 10.8. The number of hydrogen-bond acceptors (Lipinski definition) is 3. The summed E-state index contributed by atoms with van der Waals surface area (Å²) < 4.78 is 0. The van der Waals surface area contributed by atoms with Crippen LogP contribution in [0.5, 0.6) is 0 Å². The first-order valence-corrected chi connectivity index (χ1v) is 11.9. The van der Waals surface area contributed by atoms with Gasteiger partial charge < -0.3 is 10.2 Å². The zero-order chi connectivity index (χ0) is 21.6. The molecular weight excluding hydrogens is 374 g/mol. The van der Waals surface area contributed by atoms with Gasteiger partial charge in [-0.05, 0) is 43.5 Å². The van der Waals surface area contributed by atoms with Crippen LogP contribution in [0, 0.1) is 5.92 Å². The molecule has 5 heteroatoms. The van der Waals surface area contributed by atoms with Gasteiger partial charge in [-0.2, -0.15) is 0 Å². The lowest BCUT2D eigenvalue weighted by atomic mass is 9.68. The second-order valence-electron chi connectivity index (χ2n) is 9.35. The summed E-state index contributed by atoms with van der Waals surface area (Å²) in [5.74, 6) is 0.287. The average molecular weight is 414 g/mol. The third-order valence-corrected chi connectivity index (χ3v) is 6.83. The van der Waals surface area contributed by atoms with Crippen LogP contribution in [0.1, 0.15) is 71.3 Å². The second-order valence-corrected chi connectivity index (χ2v) is 9.35. The van der Waals surface area contributed by atoms with Crippen molar-refractivity contribution in [2.75, 3.05) is 38.0 Å². The van der Waals surface area contributed by atoms with E-state index in [0.717, 1.165) is 69.7 Å². The van der Waals surface area contributed by atoms with Gasteiger partial charge in [0.15, 0.2) is 0 Å². The molecule has 0 spiro atoms. The number of piperazine rings is 1. The molecule has 0 bridgehead atoms. The van der Waals surface area contributed by atoms with Gasteiger partial charge in [-0.1, -0.05) is 58.6 Å². The van der Waals surface area contributed by atoms with Gasteiger partial charge in [-0.15, -0.1) is 0 Å². The fourth-order valence-electron chi connectivity index (χ4n) is 4.80. The first-order valence-electron chi connectivity index (χ1n) is 11.9. The molecule has 2 amide bonds. The number of anilines is 1. The Morgan fingerprint density at radius 1 is 1.00 bits per heavy atom.